The fourth-order valence-electron chi connectivity index (χ4n) is 3.89. The van der Waals surface area contributed by atoms with Crippen molar-refractivity contribution in [1.82, 2.24) is 10.2 Å². The number of aliphatic hydroxyl groups excluding tert-OH is 1. The van der Waals surface area contributed by atoms with Crippen LogP contribution in [0.1, 0.15) is 46.0 Å². The maximum Gasteiger partial charge on any atom is 0.391 e. The van der Waals surface area contributed by atoms with E-state index in [9.17, 15) is 27.9 Å². The van der Waals surface area contributed by atoms with E-state index in [4.69, 9.17) is 4.74 Å². The topological polar surface area (TPSA) is 78.9 Å². The lowest BCUT2D eigenvalue weighted by Gasteiger charge is -2.38. The number of alkyl halides is 3. The van der Waals surface area contributed by atoms with E-state index in [-0.39, 0.29) is 39.1 Å². The van der Waals surface area contributed by atoms with Crippen LogP contribution in [0, 0.1) is 11.3 Å². The number of likely N-dealkylation sites (tertiary alicyclic amines) is 1. The molecule has 0 aromatic heterocycles. The summed E-state index contributed by atoms with van der Waals surface area (Å²) >= 11 is 0. The third kappa shape index (κ3) is 6.44. The van der Waals surface area contributed by atoms with Gasteiger partial charge in [0.15, 0.2) is 0 Å². The molecule has 0 aromatic carbocycles. The predicted octanol–water partition coefficient (Wildman–Crippen LogP) is 2.42. The third-order valence-corrected chi connectivity index (χ3v) is 5.91. The number of nitrogens with zero attached hydrogens (tertiary/aromatic N) is 1. The second kappa shape index (κ2) is 9.93. The Morgan fingerprint density at radius 3 is 2.45 bits per heavy atom. The number of piperidine rings is 1. The smallest absolute Gasteiger partial charge is 0.391 e. The maximum absolute atomic E-state index is 12.9. The van der Waals surface area contributed by atoms with Crippen molar-refractivity contribution in [3.8, 4) is 0 Å². The standard InChI is InChI=1S/C20H31F3N2O4/c1-14(29-13-19(12-26)8-4-3-5-9-19)17(24-15(2)27)18(28)25-10-6-16(7-11-25)20(21,22)23/h3-4,14,16-17,26H,5-13H2,1-2H3,(H,24,27)/t14-,17?,19?/m1/s1. The summed E-state index contributed by atoms with van der Waals surface area (Å²) in [5.74, 6) is -2.25. The van der Waals surface area contributed by atoms with Crippen LogP contribution in [0.15, 0.2) is 12.2 Å². The van der Waals surface area contributed by atoms with Crippen molar-refractivity contribution in [2.75, 3.05) is 26.3 Å². The lowest BCUT2D eigenvalue weighted by molar-refractivity contribution is -0.187. The van der Waals surface area contributed by atoms with E-state index < -0.39 is 41.5 Å². The number of nitrogens with one attached hydrogen (secondary N) is 1. The average Bonchev–Trinajstić information content (AvgIpc) is 2.69. The Balaban J connectivity index is 1.99. The number of carbonyl (C=O) groups is 2. The van der Waals surface area contributed by atoms with Gasteiger partial charge < -0.3 is 20.1 Å². The minimum Gasteiger partial charge on any atom is -0.396 e. The minimum atomic E-state index is -4.25. The summed E-state index contributed by atoms with van der Waals surface area (Å²) in [5.41, 5.74) is -0.419. The highest BCUT2D eigenvalue weighted by molar-refractivity contribution is 5.87. The van der Waals surface area contributed by atoms with Crippen LogP contribution in [-0.2, 0) is 14.3 Å². The summed E-state index contributed by atoms with van der Waals surface area (Å²) < 4.78 is 44.5. The summed E-state index contributed by atoms with van der Waals surface area (Å²) in [6.07, 6.45) is 1.09. The maximum atomic E-state index is 12.9. The zero-order valence-corrected chi connectivity index (χ0v) is 17.0. The van der Waals surface area contributed by atoms with Gasteiger partial charge in [-0.15, -0.1) is 0 Å². The molecule has 1 saturated heterocycles. The van der Waals surface area contributed by atoms with Crippen molar-refractivity contribution >= 4 is 11.8 Å². The molecule has 2 amide bonds. The van der Waals surface area contributed by atoms with Crippen molar-refractivity contribution in [3.05, 3.63) is 12.2 Å². The molecule has 9 heteroatoms. The molecule has 2 rings (SSSR count). The Labute approximate surface area is 169 Å². The van der Waals surface area contributed by atoms with Gasteiger partial charge in [-0.25, -0.2) is 0 Å². The molecular weight excluding hydrogens is 389 g/mol. The summed E-state index contributed by atoms with van der Waals surface area (Å²) in [6.45, 7) is 3.12. The van der Waals surface area contributed by atoms with Crippen LogP contribution in [0.25, 0.3) is 0 Å². The van der Waals surface area contributed by atoms with E-state index >= 15 is 0 Å². The second-order valence-electron chi connectivity index (χ2n) is 8.21. The van der Waals surface area contributed by atoms with Crippen molar-refractivity contribution in [3.63, 3.8) is 0 Å². The molecule has 0 spiro atoms. The second-order valence-corrected chi connectivity index (χ2v) is 8.21. The van der Waals surface area contributed by atoms with Crippen LogP contribution in [0.5, 0.6) is 0 Å². The van der Waals surface area contributed by atoms with Gasteiger partial charge >= 0.3 is 6.18 Å². The highest BCUT2D eigenvalue weighted by Crippen LogP contribution is 2.35. The first-order valence-corrected chi connectivity index (χ1v) is 10.1. The first kappa shape index (κ1) is 23.7. The van der Waals surface area contributed by atoms with E-state index in [0.29, 0.717) is 6.42 Å². The van der Waals surface area contributed by atoms with Crippen molar-refractivity contribution in [2.45, 2.75) is 64.3 Å². The molecule has 166 valence electrons. The Bertz CT molecular complexity index is 603. The number of halogens is 3. The fraction of sp³-hybridized carbons (Fsp3) is 0.800. The Morgan fingerprint density at radius 2 is 1.97 bits per heavy atom. The molecule has 2 aliphatic rings. The fourth-order valence-corrected chi connectivity index (χ4v) is 3.89. The summed E-state index contributed by atoms with van der Waals surface area (Å²) in [6, 6.07) is -0.982. The zero-order valence-electron chi connectivity index (χ0n) is 17.0. The molecule has 2 unspecified atom stereocenters. The van der Waals surface area contributed by atoms with Gasteiger partial charge in [0.25, 0.3) is 0 Å². The molecule has 1 heterocycles. The molecule has 1 fully saturated rings. The number of rotatable bonds is 7. The first-order valence-electron chi connectivity index (χ1n) is 10.1. The van der Waals surface area contributed by atoms with E-state index in [2.05, 4.69) is 5.32 Å². The van der Waals surface area contributed by atoms with Gasteiger partial charge in [-0.05, 0) is 39.0 Å². The van der Waals surface area contributed by atoms with Gasteiger partial charge in [0.1, 0.15) is 6.04 Å². The van der Waals surface area contributed by atoms with Crippen molar-refractivity contribution in [2.24, 2.45) is 11.3 Å². The SMILES string of the molecule is CC(=O)NC(C(=O)N1CCC(C(F)(F)F)CC1)[C@@H](C)OCC1(CO)CC=CCC1. The van der Waals surface area contributed by atoms with Gasteiger partial charge in [0.2, 0.25) is 11.8 Å². The van der Waals surface area contributed by atoms with Gasteiger partial charge in [-0.2, -0.15) is 13.2 Å². The van der Waals surface area contributed by atoms with Gasteiger partial charge in [0.05, 0.1) is 25.2 Å². The number of hydrogen-bond donors (Lipinski definition) is 2. The molecule has 3 atom stereocenters. The number of allylic oxidation sites excluding steroid dienone is 2. The number of ether oxygens (including phenoxy) is 1. The number of aliphatic hydroxyl groups is 1. The Kier molecular flexibility index (Phi) is 8.10. The molecule has 1 aliphatic heterocycles. The molecule has 6 nitrogen and oxygen atoms in total. The minimum absolute atomic E-state index is 0.00279. The zero-order chi connectivity index (χ0) is 21.7. The summed E-state index contributed by atoms with van der Waals surface area (Å²) in [7, 11) is 0. The number of hydrogen-bond acceptors (Lipinski definition) is 4. The lowest BCUT2D eigenvalue weighted by Crippen LogP contribution is -2.56. The van der Waals surface area contributed by atoms with Gasteiger partial charge in [-0.3, -0.25) is 9.59 Å². The summed E-state index contributed by atoms with van der Waals surface area (Å²) in [5, 5.41) is 12.4. The van der Waals surface area contributed by atoms with Crippen LogP contribution in [-0.4, -0.2) is 66.4 Å². The molecule has 0 radical (unpaired) electrons. The molecule has 2 N–H and O–H groups in total. The molecule has 0 aromatic rings. The largest absolute Gasteiger partial charge is 0.396 e. The van der Waals surface area contributed by atoms with E-state index in [0.717, 1.165) is 12.8 Å². The highest BCUT2D eigenvalue weighted by Gasteiger charge is 2.43. The van der Waals surface area contributed by atoms with Crippen LogP contribution in [0.2, 0.25) is 0 Å². The number of carbonyl (C=O) groups excluding carboxylic acids is 2. The average molecular weight is 420 g/mol. The molecule has 0 bridgehead atoms. The lowest BCUT2D eigenvalue weighted by atomic mass is 9.78. The van der Waals surface area contributed by atoms with E-state index in [1.165, 1.54) is 11.8 Å². The van der Waals surface area contributed by atoms with Crippen molar-refractivity contribution in [1.29, 1.82) is 0 Å². The van der Waals surface area contributed by atoms with Crippen molar-refractivity contribution < 1.29 is 32.6 Å². The Hall–Kier alpha value is -1.61. The third-order valence-electron chi connectivity index (χ3n) is 5.91. The van der Waals surface area contributed by atoms with Gasteiger partial charge in [-0.1, -0.05) is 12.2 Å². The highest BCUT2D eigenvalue weighted by atomic mass is 19.4. The van der Waals surface area contributed by atoms with Crippen LogP contribution in [0.4, 0.5) is 13.2 Å². The molecule has 1 aliphatic carbocycles. The molecular formula is C20H31F3N2O4. The van der Waals surface area contributed by atoms with Crippen LogP contribution >= 0.6 is 0 Å². The van der Waals surface area contributed by atoms with E-state index in [1.54, 1.807) is 6.92 Å². The molecule has 29 heavy (non-hydrogen) atoms. The molecule has 0 saturated carbocycles. The monoisotopic (exact) mass is 420 g/mol. The van der Waals surface area contributed by atoms with Gasteiger partial charge in [0, 0.05) is 25.4 Å². The van der Waals surface area contributed by atoms with E-state index in [1.807, 2.05) is 12.2 Å². The first-order chi connectivity index (χ1) is 13.6. The summed E-state index contributed by atoms with van der Waals surface area (Å²) in [4.78, 5) is 25.9. The van der Waals surface area contributed by atoms with Crippen LogP contribution in [0.3, 0.4) is 0 Å². The predicted molar refractivity (Wildman–Crippen MR) is 101 cm³/mol. The number of amides is 2. The Morgan fingerprint density at radius 1 is 1.31 bits per heavy atom. The van der Waals surface area contributed by atoms with Crippen LogP contribution < -0.4 is 5.32 Å². The normalized spacial score (nSPS) is 25.5. The quantitative estimate of drug-likeness (QED) is 0.620.